The predicted octanol–water partition coefficient (Wildman–Crippen LogP) is 7.99. The van der Waals surface area contributed by atoms with Gasteiger partial charge in [0.25, 0.3) is 0 Å². The second-order valence-corrected chi connectivity index (χ2v) is 14.2. The second-order valence-electron chi connectivity index (χ2n) is 14.2. The van der Waals surface area contributed by atoms with Crippen LogP contribution in [0.2, 0.25) is 0 Å². The van der Waals surface area contributed by atoms with Gasteiger partial charge in [-0.2, -0.15) is 0 Å². The molecule has 0 radical (unpaired) electrons. The molecular weight excluding hydrogens is 536 g/mol. The molecule has 0 saturated carbocycles. The van der Waals surface area contributed by atoms with Crippen molar-refractivity contribution in [3.8, 4) is 11.5 Å². The summed E-state index contributed by atoms with van der Waals surface area (Å²) in [7, 11) is 3.45. The first kappa shape index (κ1) is 28.2. The van der Waals surface area contributed by atoms with E-state index in [2.05, 4.69) is 139 Å². The summed E-state index contributed by atoms with van der Waals surface area (Å²) in [5.74, 6) is 1.74. The Bertz CT molecular complexity index is 2110. The highest BCUT2D eigenvalue weighted by molar-refractivity contribution is 5.87. The van der Waals surface area contributed by atoms with Gasteiger partial charge >= 0.3 is 0 Å². The minimum absolute atomic E-state index is 0.0512. The van der Waals surface area contributed by atoms with Gasteiger partial charge in [-0.25, -0.2) is 0 Å². The van der Waals surface area contributed by atoms with E-state index >= 15 is 0 Å². The number of methoxy groups -OCH3 is 2. The van der Waals surface area contributed by atoms with E-state index in [4.69, 9.17) is 9.47 Å². The first-order chi connectivity index (χ1) is 21.0. The van der Waals surface area contributed by atoms with E-state index in [1.807, 2.05) is 0 Å². The van der Waals surface area contributed by atoms with Crippen LogP contribution in [-0.4, -0.2) is 14.2 Å². The molecule has 2 heteroatoms. The van der Waals surface area contributed by atoms with Gasteiger partial charge in [-0.15, -0.1) is 0 Å². The molecule has 0 spiro atoms. The van der Waals surface area contributed by atoms with Crippen LogP contribution in [0, 0.1) is 20.9 Å². The SMILES string of the molecule is COc1ccc(C2=c3cc(C(C)(C)C)ccc3=c3cc4c(cc32)=c2ccc(C(C)(C)C)cc2=C4c2ccc(OC)cc2)cc1. The van der Waals surface area contributed by atoms with Crippen LogP contribution in [0.4, 0.5) is 0 Å². The Kier molecular flexibility index (Phi) is 6.41. The van der Waals surface area contributed by atoms with Crippen molar-refractivity contribution in [1.29, 1.82) is 0 Å². The molecule has 5 aromatic carbocycles. The maximum Gasteiger partial charge on any atom is 0.118 e. The van der Waals surface area contributed by atoms with Crippen LogP contribution in [-0.2, 0) is 10.8 Å². The summed E-state index contributed by atoms with van der Waals surface area (Å²) < 4.78 is 11.0. The molecule has 0 saturated heterocycles. The third-order valence-corrected chi connectivity index (χ3v) is 9.34. The molecule has 2 aliphatic rings. The second kappa shape index (κ2) is 9.99. The van der Waals surface area contributed by atoms with Crippen LogP contribution in [0.25, 0.3) is 11.1 Å². The lowest BCUT2D eigenvalue weighted by Crippen LogP contribution is -2.16. The van der Waals surface area contributed by atoms with Gasteiger partial charge in [0.2, 0.25) is 0 Å². The molecule has 0 atom stereocenters. The molecule has 0 amide bonds. The zero-order valence-corrected chi connectivity index (χ0v) is 27.1. The van der Waals surface area contributed by atoms with Crippen molar-refractivity contribution < 1.29 is 9.47 Å². The average Bonchev–Trinajstić information content (AvgIpc) is 3.50. The standard InChI is InChI=1S/C42H40O2/c1-41(2,3)27-13-19-31-33-23-38-34(24-37(33)39(35(31)21-27)25-9-15-29(43-7)16-10-25)32-20-14-28(42(4,5)6)22-36(32)40(38)26-11-17-30(44-8)18-12-26/h9-24H,1-8H3. The Morgan fingerprint density at radius 1 is 0.386 bits per heavy atom. The van der Waals surface area contributed by atoms with E-state index in [9.17, 15) is 0 Å². The van der Waals surface area contributed by atoms with Gasteiger partial charge in [0.15, 0.2) is 0 Å². The number of ether oxygens (including phenoxy) is 2. The highest BCUT2D eigenvalue weighted by Crippen LogP contribution is 2.35. The van der Waals surface area contributed by atoms with Gasteiger partial charge in [-0.1, -0.05) is 90.1 Å². The quantitative estimate of drug-likeness (QED) is 0.211. The van der Waals surface area contributed by atoms with Gasteiger partial charge in [-0.3, -0.25) is 0 Å². The zero-order chi connectivity index (χ0) is 31.0. The molecule has 220 valence electrons. The van der Waals surface area contributed by atoms with E-state index in [0.717, 1.165) is 11.5 Å². The highest BCUT2D eigenvalue weighted by atomic mass is 16.5. The predicted molar refractivity (Wildman–Crippen MR) is 181 cm³/mol. The molecule has 5 aromatic rings. The van der Waals surface area contributed by atoms with Crippen molar-refractivity contribution >= 4 is 11.1 Å². The van der Waals surface area contributed by atoms with E-state index in [0.29, 0.717) is 0 Å². The average molecular weight is 577 g/mol. The number of hydrogen-bond donors (Lipinski definition) is 0. The summed E-state index contributed by atoms with van der Waals surface area (Å²) >= 11 is 0. The normalized spacial score (nSPS) is 13.4. The first-order valence-corrected chi connectivity index (χ1v) is 15.5. The van der Waals surface area contributed by atoms with Gasteiger partial charge in [0.05, 0.1) is 14.2 Å². The van der Waals surface area contributed by atoms with E-state index in [1.54, 1.807) is 14.2 Å². The zero-order valence-electron chi connectivity index (χ0n) is 27.1. The lowest BCUT2D eigenvalue weighted by atomic mass is 9.86. The Hall–Kier alpha value is -4.56. The van der Waals surface area contributed by atoms with E-state index in [-0.39, 0.29) is 10.8 Å². The van der Waals surface area contributed by atoms with Crippen molar-refractivity contribution in [3.63, 3.8) is 0 Å². The van der Waals surface area contributed by atoms with Crippen molar-refractivity contribution in [2.75, 3.05) is 14.2 Å². The molecule has 0 unspecified atom stereocenters. The van der Waals surface area contributed by atoms with Crippen molar-refractivity contribution in [1.82, 2.24) is 0 Å². The molecule has 0 N–H and O–H groups in total. The molecule has 0 heterocycles. The third-order valence-electron chi connectivity index (χ3n) is 9.34. The molecule has 0 aromatic heterocycles. The molecule has 0 aliphatic heterocycles. The molecule has 2 aliphatic carbocycles. The topological polar surface area (TPSA) is 18.5 Å². The van der Waals surface area contributed by atoms with Crippen LogP contribution in [0.1, 0.15) is 74.9 Å². The maximum atomic E-state index is 5.52. The fourth-order valence-corrected chi connectivity index (χ4v) is 6.79. The Morgan fingerprint density at radius 3 is 1.07 bits per heavy atom. The lowest BCUT2D eigenvalue weighted by molar-refractivity contribution is 0.414. The third kappa shape index (κ3) is 4.47. The van der Waals surface area contributed by atoms with Crippen LogP contribution in [0.15, 0.2) is 97.1 Å². The molecular formula is C42H40O2. The number of fused-ring (bicyclic) bond motifs is 4. The summed E-state index contributed by atoms with van der Waals surface area (Å²) in [5.41, 5.74) is 10.4. The first-order valence-electron chi connectivity index (χ1n) is 15.5. The number of rotatable bonds is 4. The Balaban J connectivity index is 1.59. The maximum absolute atomic E-state index is 5.52. The van der Waals surface area contributed by atoms with Gasteiger partial charge in [0.1, 0.15) is 11.5 Å². The van der Waals surface area contributed by atoms with Crippen LogP contribution < -0.4 is 19.9 Å². The van der Waals surface area contributed by atoms with E-state index < -0.39 is 0 Å². The van der Waals surface area contributed by atoms with Gasteiger partial charge in [0, 0.05) is 0 Å². The molecule has 0 fully saturated rings. The summed E-state index contributed by atoms with van der Waals surface area (Å²) in [4.78, 5) is 0. The fraction of sp³-hybridized carbons (Fsp3) is 0.238. The minimum atomic E-state index is 0.0512. The number of benzene rings is 5. The van der Waals surface area contributed by atoms with Crippen molar-refractivity contribution in [2.24, 2.45) is 0 Å². The largest absolute Gasteiger partial charge is 0.497 e. The smallest absolute Gasteiger partial charge is 0.118 e. The Morgan fingerprint density at radius 2 is 0.750 bits per heavy atom. The molecule has 44 heavy (non-hydrogen) atoms. The van der Waals surface area contributed by atoms with Gasteiger partial charge in [-0.05, 0) is 135 Å². The van der Waals surface area contributed by atoms with Crippen LogP contribution in [0.3, 0.4) is 0 Å². The summed E-state index contributed by atoms with van der Waals surface area (Å²) in [6, 6.07) is 36.1. The van der Waals surface area contributed by atoms with Crippen molar-refractivity contribution in [3.05, 3.63) is 162 Å². The van der Waals surface area contributed by atoms with Crippen molar-refractivity contribution in [2.45, 2.75) is 52.4 Å². The molecule has 0 bridgehead atoms. The van der Waals surface area contributed by atoms with Crippen LogP contribution in [0.5, 0.6) is 11.5 Å². The fourth-order valence-electron chi connectivity index (χ4n) is 6.79. The highest BCUT2D eigenvalue weighted by Gasteiger charge is 2.24. The lowest BCUT2D eigenvalue weighted by Gasteiger charge is -2.19. The van der Waals surface area contributed by atoms with Crippen LogP contribution >= 0.6 is 0 Å². The summed E-state index contributed by atoms with van der Waals surface area (Å²) in [5, 5.41) is 7.77. The summed E-state index contributed by atoms with van der Waals surface area (Å²) in [6.07, 6.45) is 0. The molecule has 7 rings (SSSR count). The van der Waals surface area contributed by atoms with E-state index in [1.165, 1.54) is 75.8 Å². The monoisotopic (exact) mass is 576 g/mol. The Labute approximate surface area is 259 Å². The number of hydrogen-bond acceptors (Lipinski definition) is 2. The minimum Gasteiger partial charge on any atom is -0.497 e. The van der Waals surface area contributed by atoms with Gasteiger partial charge < -0.3 is 9.47 Å². The summed E-state index contributed by atoms with van der Waals surface area (Å²) in [6.45, 7) is 13.7. The molecule has 2 nitrogen and oxygen atoms in total.